The van der Waals surface area contributed by atoms with Crippen LogP contribution in [-0.4, -0.2) is 69.3 Å². The first-order chi connectivity index (χ1) is 7.65. The molecule has 2 heterocycles. The van der Waals surface area contributed by atoms with E-state index >= 15 is 0 Å². The molecule has 0 aromatic carbocycles. The molecule has 1 atom stereocenters. The van der Waals surface area contributed by atoms with Crippen LogP contribution in [0.4, 0.5) is 0 Å². The molecule has 2 fully saturated rings. The van der Waals surface area contributed by atoms with E-state index in [1.54, 1.807) is 0 Å². The van der Waals surface area contributed by atoms with Gasteiger partial charge in [0.2, 0.25) is 0 Å². The lowest BCUT2D eigenvalue weighted by Crippen LogP contribution is -2.57. The normalized spacial score (nSPS) is 30.4. The van der Waals surface area contributed by atoms with Gasteiger partial charge in [0.15, 0.2) is 0 Å². The second-order valence-electron chi connectivity index (χ2n) is 5.67. The topological polar surface area (TPSA) is 41.7 Å². The summed E-state index contributed by atoms with van der Waals surface area (Å²) >= 11 is 0. The van der Waals surface area contributed by atoms with E-state index in [4.69, 9.17) is 10.5 Å². The summed E-state index contributed by atoms with van der Waals surface area (Å²) in [4.78, 5) is 4.92. The molecule has 0 saturated carbocycles. The first-order valence-corrected chi connectivity index (χ1v) is 6.32. The van der Waals surface area contributed by atoms with Crippen LogP contribution in [0.1, 0.15) is 12.8 Å². The highest BCUT2D eigenvalue weighted by Crippen LogP contribution is 2.28. The predicted molar refractivity (Wildman–Crippen MR) is 65.5 cm³/mol. The number of nitrogens with zero attached hydrogens (tertiary/aromatic N) is 2. The molecule has 2 aliphatic heterocycles. The van der Waals surface area contributed by atoms with Gasteiger partial charge in [0.25, 0.3) is 0 Å². The largest absolute Gasteiger partial charge is 0.380 e. The summed E-state index contributed by atoms with van der Waals surface area (Å²) in [7, 11) is 4.45. The van der Waals surface area contributed by atoms with E-state index in [0.717, 1.165) is 26.3 Å². The van der Waals surface area contributed by atoms with Gasteiger partial charge in [-0.2, -0.15) is 0 Å². The summed E-state index contributed by atoms with van der Waals surface area (Å²) in [5.41, 5.74) is 6.10. The summed E-state index contributed by atoms with van der Waals surface area (Å²) < 4.78 is 5.32. The molecule has 0 aliphatic carbocycles. The van der Waals surface area contributed by atoms with E-state index in [1.807, 2.05) is 0 Å². The van der Waals surface area contributed by atoms with Crippen LogP contribution in [0.15, 0.2) is 0 Å². The van der Waals surface area contributed by atoms with Crippen LogP contribution in [0.3, 0.4) is 0 Å². The lowest BCUT2D eigenvalue weighted by molar-refractivity contribution is -0.123. The van der Waals surface area contributed by atoms with Crippen molar-refractivity contribution in [2.24, 2.45) is 11.1 Å². The van der Waals surface area contributed by atoms with Gasteiger partial charge in [0.05, 0.1) is 13.2 Å². The Morgan fingerprint density at radius 2 is 2.25 bits per heavy atom. The van der Waals surface area contributed by atoms with Gasteiger partial charge in [-0.05, 0) is 33.5 Å². The van der Waals surface area contributed by atoms with Crippen LogP contribution >= 0.6 is 0 Å². The quantitative estimate of drug-likeness (QED) is 0.733. The summed E-state index contributed by atoms with van der Waals surface area (Å²) in [6, 6.07) is 0.697. The van der Waals surface area contributed by atoms with E-state index in [-0.39, 0.29) is 5.41 Å². The Hall–Kier alpha value is -0.160. The molecule has 4 nitrogen and oxygen atoms in total. The molecule has 0 radical (unpaired) electrons. The maximum atomic E-state index is 5.86. The Bertz CT molecular complexity index is 225. The second kappa shape index (κ2) is 5.00. The predicted octanol–water partition coefficient (Wildman–Crippen LogP) is -0.0123. The maximum Gasteiger partial charge on any atom is 0.0569 e. The van der Waals surface area contributed by atoms with Crippen molar-refractivity contribution in [3.05, 3.63) is 0 Å². The third kappa shape index (κ3) is 2.56. The average Bonchev–Trinajstić information content (AvgIpc) is 2.23. The van der Waals surface area contributed by atoms with Crippen molar-refractivity contribution in [2.45, 2.75) is 18.9 Å². The van der Waals surface area contributed by atoms with E-state index in [2.05, 4.69) is 23.9 Å². The fraction of sp³-hybridized carbons (Fsp3) is 1.00. The molecule has 0 aromatic heterocycles. The zero-order valence-corrected chi connectivity index (χ0v) is 10.6. The molecule has 2 N–H and O–H groups in total. The van der Waals surface area contributed by atoms with Crippen molar-refractivity contribution in [3.63, 3.8) is 0 Å². The molecule has 0 bridgehead atoms. The molecule has 1 unspecified atom stereocenters. The fourth-order valence-corrected chi connectivity index (χ4v) is 2.82. The first-order valence-electron chi connectivity index (χ1n) is 6.32. The van der Waals surface area contributed by atoms with Gasteiger partial charge in [0, 0.05) is 31.1 Å². The molecule has 0 aromatic rings. The Morgan fingerprint density at radius 1 is 1.50 bits per heavy atom. The third-order valence-electron chi connectivity index (χ3n) is 4.06. The number of likely N-dealkylation sites (N-methyl/N-ethyl adjacent to an activating group) is 2. The van der Waals surface area contributed by atoms with E-state index < -0.39 is 0 Å². The Morgan fingerprint density at radius 3 is 2.75 bits per heavy atom. The van der Waals surface area contributed by atoms with Crippen LogP contribution in [-0.2, 0) is 4.74 Å². The Labute approximate surface area is 98.7 Å². The minimum absolute atomic E-state index is 0.241. The molecule has 2 saturated heterocycles. The minimum atomic E-state index is 0.241. The first kappa shape index (κ1) is 12.3. The van der Waals surface area contributed by atoms with Crippen LogP contribution < -0.4 is 5.73 Å². The van der Waals surface area contributed by atoms with E-state index in [0.29, 0.717) is 6.04 Å². The highest BCUT2D eigenvalue weighted by atomic mass is 16.5. The Kier molecular flexibility index (Phi) is 3.85. The summed E-state index contributed by atoms with van der Waals surface area (Å²) in [6.45, 7) is 5.96. The molecular formula is C12H25N3O. The summed E-state index contributed by atoms with van der Waals surface area (Å²) in [5, 5.41) is 0. The average molecular weight is 227 g/mol. The minimum Gasteiger partial charge on any atom is -0.380 e. The molecule has 0 spiro atoms. The number of hydrogen-bond acceptors (Lipinski definition) is 4. The maximum absolute atomic E-state index is 5.86. The van der Waals surface area contributed by atoms with Crippen LogP contribution in [0.5, 0.6) is 0 Å². The number of rotatable bonds is 4. The highest BCUT2D eigenvalue weighted by molar-refractivity contribution is 4.91. The van der Waals surface area contributed by atoms with E-state index in [9.17, 15) is 0 Å². The molecular weight excluding hydrogens is 202 g/mol. The van der Waals surface area contributed by atoms with Gasteiger partial charge >= 0.3 is 0 Å². The van der Waals surface area contributed by atoms with Crippen LogP contribution in [0.25, 0.3) is 0 Å². The monoisotopic (exact) mass is 227 g/mol. The lowest BCUT2D eigenvalue weighted by atomic mass is 9.85. The zero-order chi connectivity index (χ0) is 11.6. The van der Waals surface area contributed by atoms with E-state index in [1.165, 1.54) is 25.9 Å². The van der Waals surface area contributed by atoms with Gasteiger partial charge in [0.1, 0.15) is 0 Å². The smallest absolute Gasteiger partial charge is 0.0569 e. The Balaban J connectivity index is 1.84. The van der Waals surface area contributed by atoms with Gasteiger partial charge < -0.3 is 20.3 Å². The van der Waals surface area contributed by atoms with Gasteiger partial charge in [-0.25, -0.2) is 0 Å². The van der Waals surface area contributed by atoms with Crippen molar-refractivity contribution in [2.75, 3.05) is 53.5 Å². The molecule has 16 heavy (non-hydrogen) atoms. The number of ether oxygens (including phenoxy) is 1. The van der Waals surface area contributed by atoms with Crippen molar-refractivity contribution >= 4 is 0 Å². The molecule has 94 valence electrons. The third-order valence-corrected chi connectivity index (χ3v) is 4.06. The van der Waals surface area contributed by atoms with Crippen molar-refractivity contribution in [1.29, 1.82) is 0 Å². The van der Waals surface area contributed by atoms with Gasteiger partial charge in [-0.15, -0.1) is 0 Å². The SMILES string of the molecule is CN1CCCC(N(C)CC2(CN)COC2)C1. The molecule has 0 amide bonds. The molecule has 2 aliphatic rings. The van der Waals surface area contributed by atoms with Crippen LogP contribution in [0.2, 0.25) is 0 Å². The highest BCUT2D eigenvalue weighted by Gasteiger charge is 2.39. The van der Waals surface area contributed by atoms with Crippen molar-refractivity contribution < 1.29 is 4.74 Å². The second-order valence-corrected chi connectivity index (χ2v) is 5.67. The number of hydrogen-bond donors (Lipinski definition) is 1. The van der Waals surface area contributed by atoms with Crippen molar-refractivity contribution in [1.82, 2.24) is 9.80 Å². The summed E-state index contributed by atoms with van der Waals surface area (Å²) in [6.07, 6.45) is 2.64. The standard InChI is InChI=1S/C12H25N3O/c1-14-5-3-4-11(6-14)15(2)8-12(7-13)9-16-10-12/h11H,3-10,13H2,1-2H3. The number of nitrogens with two attached hydrogens (primary N) is 1. The number of piperidine rings is 1. The van der Waals surface area contributed by atoms with Gasteiger partial charge in [-0.1, -0.05) is 0 Å². The molecule has 4 heteroatoms. The number of likely N-dealkylation sites (tertiary alicyclic amines) is 1. The molecule has 2 rings (SSSR count). The van der Waals surface area contributed by atoms with Crippen LogP contribution in [0, 0.1) is 5.41 Å². The zero-order valence-electron chi connectivity index (χ0n) is 10.6. The fourth-order valence-electron chi connectivity index (χ4n) is 2.82. The lowest BCUT2D eigenvalue weighted by Gasteiger charge is -2.46. The van der Waals surface area contributed by atoms with Gasteiger partial charge in [-0.3, -0.25) is 0 Å². The summed E-state index contributed by atoms with van der Waals surface area (Å²) in [5.74, 6) is 0. The van der Waals surface area contributed by atoms with Crippen molar-refractivity contribution in [3.8, 4) is 0 Å².